The van der Waals surface area contributed by atoms with Gasteiger partial charge in [-0.25, -0.2) is 0 Å². The third-order valence-corrected chi connectivity index (χ3v) is 2.57. The molecule has 0 aromatic heterocycles. The Morgan fingerprint density at radius 2 is 2.29 bits per heavy atom. The molecule has 14 heavy (non-hydrogen) atoms. The van der Waals surface area contributed by atoms with Crippen LogP contribution in [0.3, 0.4) is 0 Å². The first-order valence-corrected chi connectivity index (χ1v) is 5.10. The average Bonchev–Trinajstić information content (AvgIpc) is 2.30. The molecular formula is C12H16N2. The fraction of sp³-hybridized carbons (Fsp3) is 0.333. The molecule has 0 aromatic carbocycles. The Morgan fingerprint density at radius 1 is 1.43 bits per heavy atom. The normalized spacial score (nSPS) is 20.1. The van der Waals surface area contributed by atoms with Crippen molar-refractivity contribution < 1.29 is 0 Å². The highest BCUT2D eigenvalue weighted by Gasteiger charge is 2.18. The van der Waals surface area contributed by atoms with Gasteiger partial charge in [0.15, 0.2) is 0 Å². The Hall–Kier alpha value is -1.44. The Bertz CT molecular complexity index is 306. The van der Waals surface area contributed by atoms with E-state index in [1.54, 1.807) is 0 Å². The lowest BCUT2D eigenvalue weighted by Gasteiger charge is -2.35. The van der Waals surface area contributed by atoms with E-state index >= 15 is 0 Å². The second-order valence-electron chi connectivity index (χ2n) is 3.56. The van der Waals surface area contributed by atoms with E-state index in [0.717, 1.165) is 6.42 Å². The molecule has 2 aliphatic heterocycles. The predicted octanol–water partition coefficient (Wildman–Crippen LogP) is 2.15. The molecule has 0 saturated carbocycles. The van der Waals surface area contributed by atoms with Crippen molar-refractivity contribution in [2.45, 2.75) is 12.8 Å². The van der Waals surface area contributed by atoms with Crippen molar-refractivity contribution in [1.82, 2.24) is 10.2 Å². The smallest absolute Gasteiger partial charge is 0.0565 e. The van der Waals surface area contributed by atoms with Crippen LogP contribution in [0.15, 0.2) is 48.5 Å². The van der Waals surface area contributed by atoms with Gasteiger partial charge < -0.3 is 10.2 Å². The fourth-order valence-electron chi connectivity index (χ4n) is 1.69. The van der Waals surface area contributed by atoms with Crippen molar-refractivity contribution in [1.29, 1.82) is 0 Å². The van der Waals surface area contributed by atoms with Crippen LogP contribution in [0.5, 0.6) is 0 Å². The Labute approximate surface area is 85.3 Å². The first kappa shape index (κ1) is 9.13. The zero-order valence-corrected chi connectivity index (χ0v) is 8.37. The lowest BCUT2D eigenvalue weighted by atomic mass is 10.1. The van der Waals surface area contributed by atoms with Crippen molar-refractivity contribution in [2.24, 2.45) is 0 Å². The maximum Gasteiger partial charge on any atom is 0.0565 e. The van der Waals surface area contributed by atoms with E-state index in [1.807, 2.05) is 18.4 Å². The van der Waals surface area contributed by atoms with E-state index in [4.69, 9.17) is 0 Å². The van der Waals surface area contributed by atoms with Crippen LogP contribution < -0.4 is 5.32 Å². The molecule has 2 nitrogen and oxygen atoms in total. The van der Waals surface area contributed by atoms with Gasteiger partial charge in [-0.05, 0) is 18.6 Å². The van der Waals surface area contributed by atoms with Crippen molar-refractivity contribution in [3.8, 4) is 0 Å². The maximum atomic E-state index is 3.78. The van der Waals surface area contributed by atoms with Gasteiger partial charge in [-0.3, -0.25) is 0 Å². The molecule has 74 valence electrons. The first-order chi connectivity index (χ1) is 6.92. The summed E-state index contributed by atoms with van der Waals surface area (Å²) in [6.07, 6.45) is 12.4. The van der Waals surface area contributed by atoms with E-state index < -0.39 is 0 Å². The molecule has 0 bridgehead atoms. The van der Waals surface area contributed by atoms with Gasteiger partial charge in [0.1, 0.15) is 0 Å². The van der Waals surface area contributed by atoms with Crippen LogP contribution >= 0.6 is 0 Å². The fourth-order valence-corrected chi connectivity index (χ4v) is 1.69. The second kappa shape index (κ2) is 4.18. The molecule has 0 aromatic rings. The molecule has 2 rings (SSSR count). The highest BCUT2D eigenvalue weighted by Crippen LogP contribution is 2.21. The minimum Gasteiger partial charge on any atom is -0.370 e. The van der Waals surface area contributed by atoms with Crippen LogP contribution in [0, 0.1) is 0 Å². The molecule has 1 saturated heterocycles. The lowest BCUT2D eigenvalue weighted by molar-refractivity contribution is 0.243. The summed E-state index contributed by atoms with van der Waals surface area (Å²) in [5.74, 6) is 0. The van der Waals surface area contributed by atoms with Gasteiger partial charge in [-0.1, -0.05) is 12.2 Å². The summed E-state index contributed by atoms with van der Waals surface area (Å²) >= 11 is 0. The standard InChI is InChI=1S/C12H16N2/c1-2-6-11-12(14-9-5-10-14)7-3-4-8-13-11/h2-4,7-8,13H,1,5-6,9-10H2. The molecule has 2 heterocycles. The minimum atomic E-state index is 0.903. The van der Waals surface area contributed by atoms with Gasteiger partial charge in [-0.15, -0.1) is 6.58 Å². The monoisotopic (exact) mass is 188 g/mol. The van der Waals surface area contributed by atoms with Gasteiger partial charge in [0.25, 0.3) is 0 Å². The largest absolute Gasteiger partial charge is 0.370 e. The molecule has 0 radical (unpaired) electrons. The Morgan fingerprint density at radius 3 is 2.93 bits per heavy atom. The molecule has 0 amide bonds. The molecule has 0 atom stereocenters. The number of nitrogens with zero attached hydrogens (tertiary/aromatic N) is 1. The average molecular weight is 188 g/mol. The Balaban J connectivity index is 2.22. The zero-order valence-electron chi connectivity index (χ0n) is 8.37. The van der Waals surface area contributed by atoms with E-state index in [2.05, 4.69) is 28.9 Å². The highest BCUT2D eigenvalue weighted by molar-refractivity contribution is 5.31. The minimum absolute atomic E-state index is 0.903. The van der Waals surface area contributed by atoms with Gasteiger partial charge in [0, 0.05) is 31.4 Å². The van der Waals surface area contributed by atoms with E-state index in [1.165, 1.54) is 30.9 Å². The van der Waals surface area contributed by atoms with Gasteiger partial charge in [0.2, 0.25) is 0 Å². The summed E-state index contributed by atoms with van der Waals surface area (Å²) in [6, 6.07) is 0. The van der Waals surface area contributed by atoms with E-state index in [9.17, 15) is 0 Å². The van der Waals surface area contributed by atoms with Crippen LogP contribution in [-0.2, 0) is 0 Å². The number of hydrogen-bond donors (Lipinski definition) is 1. The van der Waals surface area contributed by atoms with Crippen molar-refractivity contribution in [2.75, 3.05) is 13.1 Å². The summed E-state index contributed by atoms with van der Waals surface area (Å²) in [7, 11) is 0. The van der Waals surface area contributed by atoms with Gasteiger partial charge in [0.05, 0.1) is 5.70 Å². The number of nitrogens with one attached hydrogen (secondary N) is 1. The number of likely N-dealkylation sites (tertiary alicyclic amines) is 1. The van der Waals surface area contributed by atoms with Crippen LogP contribution in [-0.4, -0.2) is 18.0 Å². The lowest BCUT2D eigenvalue weighted by Crippen LogP contribution is -2.37. The van der Waals surface area contributed by atoms with Gasteiger partial charge >= 0.3 is 0 Å². The van der Waals surface area contributed by atoms with E-state index in [0.29, 0.717) is 0 Å². The summed E-state index contributed by atoms with van der Waals surface area (Å²) in [5, 5.41) is 3.31. The van der Waals surface area contributed by atoms with Crippen LogP contribution in [0.2, 0.25) is 0 Å². The molecule has 1 N–H and O–H groups in total. The Kier molecular flexibility index (Phi) is 2.73. The second-order valence-corrected chi connectivity index (χ2v) is 3.56. The topological polar surface area (TPSA) is 15.3 Å². The molecule has 0 spiro atoms. The number of hydrogen-bond acceptors (Lipinski definition) is 2. The third-order valence-electron chi connectivity index (χ3n) is 2.57. The van der Waals surface area contributed by atoms with Crippen LogP contribution in [0.25, 0.3) is 0 Å². The van der Waals surface area contributed by atoms with Crippen molar-refractivity contribution in [3.63, 3.8) is 0 Å². The zero-order chi connectivity index (χ0) is 9.80. The molecule has 0 unspecified atom stereocenters. The van der Waals surface area contributed by atoms with E-state index in [-0.39, 0.29) is 0 Å². The third kappa shape index (κ3) is 1.74. The summed E-state index contributed by atoms with van der Waals surface area (Å²) in [4.78, 5) is 2.40. The van der Waals surface area contributed by atoms with Gasteiger partial charge in [-0.2, -0.15) is 0 Å². The SMILES string of the molecule is C=CCC1=C(N2CCC2)C=CC=CN1. The first-order valence-electron chi connectivity index (χ1n) is 5.10. The maximum absolute atomic E-state index is 3.78. The van der Waals surface area contributed by atoms with Crippen molar-refractivity contribution in [3.05, 3.63) is 48.5 Å². The molecule has 1 fully saturated rings. The predicted molar refractivity (Wildman–Crippen MR) is 59.4 cm³/mol. The molecule has 2 heteroatoms. The van der Waals surface area contributed by atoms with Crippen LogP contribution in [0.1, 0.15) is 12.8 Å². The summed E-state index contributed by atoms with van der Waals surface area (Å²) < 4.78 is 0. The summed E-state index contributed by atoms with van der Waals surface area (Å²) in [5.41, 5.74) is 2.57. The molecule has 0 aliphatic carbocycles. The highest BCUT2D eigenvalue weighted by atomic mass is 15.2. The molecular weight excluding hydrogens is 172 g/mol. The number of rotatable bonds is 3. The summed E-state index contributed by atoms with van der Waals surface area (Å²) in [6.45, 7) is 6.15. The quantitative estimate of drug-likeness (QED) is 0.683. The molecule has 2 aliphatic rings. The van der Waals surface area contributed by atoms with Crippen molar-refractivity contribution >= 4 is 0 Å². The van der Waals surface area contributed by atoms with Crippen LogP contribution in [0.4, 0.5) is 0 Å². The number of allylic oxidation sites excluding steroid dienone is 4.